The highest BCUT2D eigenvalue weighted by Gasteiger charge is 2.33. The van der Waals surface area contributed by atoms with Crippen LogP contribution in [-0.4, -0.2) is 35.0 Å². The zero-order valence-electron chi connectivity index (χ0n) is 13.2. The Morgan fingerprint density at radius 1 is 1.30 bits per heavy atom. The fraction of sp³-hybridized carbons (Fsp3) is 0.562. The van der Waals surface area contributed by atoms with Gasteiger partial charge in [0.2, 0.25) is 5.91 Å². The lowest BCUT2D eigenvalue weighted by atomic mass is 10.0. The van der Waals surface area contributed by atoms with Gasteiger partial charge in [0.05, 0.1) is 12.2 Å². The molecule has 0 saturated heterocycles. The molecule has 2 rings (SSSR count). The zero-order chi connectivity index (χ0) is 17.0. The molecule has 0 radical (unpaired) electrons. The summed E-state index contributed by atoms with van der Waals surface area (Å²) < 4.78 is 5.02. The minimum absolute atomic E-state index is 0.106. The first-order valence-corrected chi connectivity index (χ1v) is 7.76. The molecule has 1 aromatic rings. The Morgan fingerprint density at radius 3 is 2.57 bits per heavy atom. The smallest absolute Gasteiger partial charge is 0.306 e. The van der Waals surface area contributed by atoms with Gasteiger partial charge in [-0.05, 0) is 37.3 Å². The van der Waals surface area contributed by atoms with Crippen LogP contribution in [0.1, 0.15) is 43.7 Å². The standard InChI is InChI=1S/C16H22N2O5/c1-9(2)13(18-14(19)12-4-3-7-23-12)15(20)17-11-6-5-10(8-11)16(21)22/h3-4,7,9-11,13H,5-6,8H2,1-2H3,(H,17,20)(H,18,19)(H,21,22)/t10-,11+,13?/m1/s1. The number of hydrogen-bond acceptors (Lipinski definition) is 4. The number of carboxylic acids is 1. The molecule has 1 fully saturated rings. The molecule has 1 unspecified atom stereocenters. The largest absolute Gasteiger partial charge is 0.481 e. The summed E-state index contributed by atoms with van der Waals surface area (Å²) in [6.07, 6.45) is 3.02. The summed E-state index contributed by atoms with van der Waals surface area (Å²) in [6, 6.07) is 2.27. The molecule has 1 aromatic heterocycles. The van der Waals surface area contributed by atoms with E-state index in [0.717, 1.165) is 0 Å². The van der Waals surface area contributed by atoms with E-state index in [9.17, 15) is 14.4 Å². The number of hydrogen-bond donors (Lipinski definition) is 3. The number of carbonyl (C=O) groups excluding carboxylic acids is 2. The highest BCUT2D eigenvalue weighted by molar-refractivity contribution is 5.95. The van der Waals surface area contributed by atoms with E-state index in [-0.39, 0.29) is 23.6 Å². The number of amides is 2. The molecule has 23 heavy (non-hydrogen) atoms. The zero-order valence-corrected chi connectivity index (χ0v) is 13.2. The number of furan rings is 1. The molecule has 0 aromatic carbocycles. The second kappa shape index (κ2) is 7.30. The minimum atomic E-state index is -0.826. The molecule has 7 nitrogen and oxygen atoms in total. The van der Waals surface area contributed by atoms with E-state index in [2.05, 4.69) is 10.6 Å². The van der Waals surface area contributed by atoms with E-state index in [1.807, 2.05) is 13.8 Å². The quantitative estimate of drug-likeness (QED) is 0.733. The first kappa shape index (κ1) is 17.1. The summed E-state index contributed by atoms with van der Waals surface area (Å²) >= 11 is 0. The Labute approximate surface area is 134 Å². The maximum Gasteiger partial charge on any atom is 0.306 e. The Hall–Kier alpha value is -2.31. The second-order valence-corrected chi connectivity index (χ2v) is 6.23. The van der Waals surface area contributed by atoms with Gasteiger partial charge in [0, 0.05) is 6.04 Å². The third-order valence-corrected chi connectivity index (χ3v) is 4.11. The molecule has 3 N–H and O–H groups in total. The molecule has 0 spiro atoms. The first-order chi connectivity index (χ1) is 10.9. The maximum absolute atomic E-state index is 12.4. The van der Waals surface area contributed by atoms with Gasteiger partial charge < -0.3 is 20.2 Å². The Morgan fingerprint density at radius 2 is 2.04 bits per heavy atom. The van der Waals surface area contributed by atoms with Crippen molar-refractivity contribution >= 4 is 17.8 Å². The predicted molar refractivity (Wildman–Crippen MR) is 81.7 cm³/mol. The van der Waals surface area contributed by atoms with Crippen molar-refractivity contribution in [3.63, 3.8) is 0 Å². The van der Waals surface area contributed by atoms with Crippen molar-refractivity contribution in [1.82, 2.24) is 10.6 Å². The van der Waals surface area contributed by atoms with Crippen LogP contribution in [0.4, 0.5) is 0 Å². The van der Waals surface area contributed by atoms with Crippen LogP contribution in [0.15, 0.2) is 22.8 Å². The van der Waals surface area contributed by atoms with Crippen molar-refractivity contribution in [3.05, 3.63) is 24.2 Å². The van der Waals surface area contributed by atoms with Crippen molar-refractivity contribution < 1.29 is 23.9 Å². The molecule has 0 aliphatic heterocycles. The van der Waals surface area contributed by atoms with E-state index in [0.29, 0.717) is 19.3 Å². The van der Waals surface area contributed by atoms with Crippen LogP contribution >= 0.6 is 0 Å². The molecule has 2 amide bonds. The average molecular weight is 322 g/mol. The summed E-state index contributed by atoms with van der Waals surface area (Å²) in [5.74, 6) is -1.93. The predicted octanol–water partition coefficient (Wildman–Crippen LogP) is 1.40. The van der Waals surface area contributed by atoms with Gasteiger partial charge in [0.15, 0.2) is 5.76 Å². The summed E-state index contributed by atoms with van der Waals surface area (Å²) in [7, 11) is 0. The van der Waals surface area contributed by atoms with Crippen LogP contribution in [0.3, 0.4) is 0 Å². The van der Waals surface area contributed by atoms with Gasteiger partial charge >= 0.3 is 5.97 Å². The van der Waals surface area contributed by atoms with E-state index in [1.54, 1.807) is 6.07 Å². The lowest BCUT2D eigenvalue weighted by Gasteiger charge is -2.23. The summed E-state index contributed by atoms with van der Waals surface area (Å²) in [5, 5.41) is 14.5. The molecule has 7 heteroatoms. The Kier molecular flexibility index (Phi) is 5.41. The normalized spacial score (nSPS) is 21.9. The Balaban J connectivity index is 1.94. The van der Waals surface area contributed by atoms with Gasteiger partial charge in [0.25, 0.3) is 5.91 Å². The van der Waals surface area contributed by atoms with Gasteiger partial charge in [-0.25, -0.2) is 0 Å². The van der Waals surface area contributed by atoms with Gasteiger partial charge in [0.1, 0.15) is 6.04 Å². The van der Waals surface area contributed by atoms with E-state index >= 15 is 0 Å². The molecule has 0 bridgehead atoms. The van der Waals surface area contributed by atoms with Crippen LogP contribution in [0.25, 0.3) is 0 Å². The minimum Gasteiger partial charge on any atom is -0.481 e. The van der Waals surface area contributed by atoms with Crippen molar-refractivity contribution in [3.8, 4) is 0 Å². The first-order valence-electron chi connectivity index (χ1n) is 7.76. The maximum atomic E-state index is 12.4. The van der Waals surface area contributed by atoms with Crippen LogP contribution < -0.4 is 10.6 Å². The molecular weight excluding hydrogens is 300 g/mol. The third-order valence-electron chi connectivity index (χ3n) is 4.11. The van der Waals surface area contributed by atoms with Crippen LogP contribution in [0.5, 0.6) is 0 Å². The van der Waals surface area contributed by atoms with Crippen LogP contribution in [0, 0.1) is 11.8 Å². The van der Waals surface area contributed by atoms with Crippen molar-refractivity contribution in [2.24, 2.45) is 11.8 Å². The molecule has 126 valence electrons. The molecule has 3 atom stereocenters. The molecule has 1 heterocycles. The van der Waals surface area contributed by atoms with Crippen molar-refractivity contribution in [2.45, 2.75) is 45.2 Å². The van der Waals surface area contributed by atoms with Gasteiger partial charge in [-0.15, -0.1) is 0 Å². The van der Waals surface area contributed by atoms with Crippen LogP contribution in [-0.2, 0) is 9.59 Å². The number of carboxylic acid groups (broad SMARTS) is 1. The number of nitrogens with one attached hydrogen (secondary N) is 2. The van der Waals surface area contributed by atoms with Crippen molar-refractivity contribution in [1.29, 1.82) is 0 Å². The summed E-state index contributed by atoms with van der Waals surface area (Å²) in [6.45, 7) is 3.67. The molecule has 1 aliphatic rings. The number of carbonyl (C=O) groups is 3. The lowest BCUT2D eigenvalue weighted by molar-refractivity contribution is -0.141. The van der Waals surface area contributed by atoms with E-state index < -0.39 is 23.8 Å². The second-order valence-electron chi connectivity index (χ2n) is 6.23. The summed E-state index contributed by atoms with van der Waals surface area (Å²) in [4.78, 5) is 35.4. The van der Waals surface area contributed by atoms with E-state index in [1.165, 1.54) is 12.3 Å². The fourth-order valence-corrected chi connectivity index (χ4v) is 2.78. The van der Waals surface area contributed by atoms with Gasteiger partial charge in [-0.2, -0.15) is 0 Å². The topological polar surface area (TPSA) is 109 Å². The highest BCUT2D eigenvalue weighted by atomic mass is 16.4. The average Bonchev–Trinajstić information content (AvgIpc) is 3.14. The van der Waals surface area contributed by atoms with Crippen LogP contribution in [0.2, 0.25) is 0 Å². The molecule has 1 saturated carbocycles. The monoisotopic (exact) mass is 322 g/mol. The lowest BCUT2D eigenvalue weighted by Crippen LogP contribution is -2.51. The van der Waals surface area contributed by atoms with Gasteiger partial charge in [-0.3, -0.25) is 14.4 Å². The summed E-state index contributed by atoms with van der Waals surface area (Å²) in [5.41, 5.74) is 0. The van der Waals surface area contributed by atoms with Gasteiger partial charge in [-0.1, -0.05) is 13.8 Å². The SMILES string of the molecule is CC(C)C(NC(=O)c1ccco1)C(=O)N[C@H]1CC[C@@H](C(=O)O)C1. The van der Waals surface area contributed by atoms with E-state index in [4.69, 9.17) is 9.52 Å². The number of rotatable bonds is 6. The third kappa shape index (κ3) is 4.34. The fourth-order valence-electron chi connectivity index (χ4n) is 2.78. The molecule has 1 aliphatic carbocycles. The molecular formula is C16H22N2O5. The number of aliphatic carboxylic acids is 1. The Bertz CT molecular complexity index is 567. The van der Waals surface area contributed by atoms with Crippen molar-refractivity contribution in [2.75, 3.05) is 0 Å². The highest BCUT2D eigenvalue weighted by Crippen LogP contribution is 2.25.